The fourth-order valence-electron chi connectivity index (χ4n) is 3.02. The fourth-order valence-corrected chi connectivity index (χ4v) is 4.20. The van der Waals surface area contributed by atoms with E-state index >= 15 is 0 Å². The predicted octanol–water partition coefficient (Wildman–Crippen LogP) is 2.13. The number of rotatable bonds is 6. The first-order valence-electron chi connectivity index (χ1n) is 8.42. The Bertz CT molecular complexity index is 652. The minimum Gasteiger partial charge on any atom is -0.357 e. The Morgan fingerprint density at radius 3 is 2.64 bits per heavy atom. The summed E-state index contributed by atoms with van der Waals surface area (Å²) in [7, 11) is -1.15. The lowest BCUT2D eigenvalue weighted by Crippen LogP contribution is -2.41. The Hall–Kier alpha value is -0.870. The van der Waals surface area contributed by atoms with Gasteiger partial charge in [-0.2, -0.15) is 4.31 Å². The van der Waals surface area contributed by atoms with Crippen LogP contribution in [-0.2, 0) is 16.6 Å². The quantitative estimate of drug-likeness (QED) is 0.385. The van der Waals surface area contributed by atoms with Gasteiger partial charge in [0.15, 0.2) is 5.96 Å². The summed E-state index contributed by atoms with van der Waals surface area (Å²) in [5.74, 6) is 0.807. The van der Waals surface area contributed by atoms with E-state index in [4.69, 9.17) is 0 Å². The molecule has 0 saturated carbocycles. The summed E-state index contributed by atoms with van der Waals surface area (Å²) in [4.78, 5) is 6.75. The smallest absolute Gasteiger partial charge is 0.211 e. The molecule has 1 saturated heterocycles. The van der Waals surface area contributed by atoms with E-state index in [1.807, 2.05) is 32.2 Å². The van der Waals surface area contributed by atoms with Crippen LogP contribution in [0.3, 0.4) is 0 Å². The van der Waals surface area contributed by atoms with Gasteiger partial charge < -0.3 is 10.2 Å². The number of sulfonamides is 1. The highest BCUT2D eigenvalue weighted by Crippen LogP contribution is 2.20. The molecule has 142 valence electrons. The molecule has 1 aliphatic rings. The molecule has 0 aliphatic carbocycles. The Labute approximate surface area is 168 Å². The fraction of sp³-hybridized carbons (Fsp3) is 0.588. The molecule has 1 aromatic carbocycles. The molecule has 1 aliphatic heterocycles. The number of nitrogens with zero attached hydrogens (tertiary/aromatic N) is 3. The summed E-state index contributed by atoms with van der Waals surface area (Å²) < 4.78 is 25.3. The molecule has 0 amide bonds. The van der Waals surface area contributed by atoms with E-state index in [9.17, 15) is 8.42 Å². The number of hydrogen-bond donors (Lipinski definition) is 1. The van der Waals surface area contributed by atoms with E-state index in [0.29, 0.717) is 13.1 Å². The van der Waals surface area contributed by atoms with Crippen molar-refractivity contribution in [3.05, 3.63) is 35.9 Å². The molecule has 0 aromatic heterocycles. The average Bonchev–Trinajstić information content (AvgIpc) is 3.01. The molecule has 0 spiro atoms. The van der Waals surface area contributed by atoms with Crippen molar-refractivity contribution in [1.82, 2.24) is 14.5 Å². The van der Waals surface area contributed by atoms with Crippen LogP contribution in [0.2, 0.25) is 0 Å². The molecule has 1 atom stereocenters. The molecule has 1 heterocycles. The first kappa shape index (κ1) is 22.2. The molecule has 1 N–H and O–H groups in total. The van der Waals surface area contributed by atoms with E-state index in [2.05, 4.69) is 27.3 Å². The molecule has 2 rings (SSSR count). The van der Waals surface area contributed by atoms with Crippen molar-refractivity contribution in [2.45, 2.75) is 32.4 Å². The van der Waals surface area contributed by atoms with Crippen LogP contribution in [0.4, 0.5) is 0 Å². The Kier molecular flexibility index (Phi) is 9.15. The number of nitrogens with one attached hydrogen (secondary N) is 1. The van der Waals surface area contributed by atoms with Crippen molar-refractivity contribution in [3.8, 4) is 0 Å². The lowest BCUT2D eigenvalue weighted by Gasteiger charge is -2.24. The highest BCUT2D eigenvalue weighted by atomic mass is 127. The molecule has 0 radical (unpaired) electrons. The standard InChI is InChI=1S/C17H28N4O2S.HI/c1-4-18-17(20(2)14-15-9-6-5-7-10-15)19-13-16-11-8-12-21(16)24(3,22)23;/h5-7,9-10,16H,4,8,11-14H2,1-3H3,(H,18,19);1H/t16-;/m1./s1. The minimum atomic E-state index is -3.15. The van der Waals surface area contributed by atoms with Gasteiger partial charge in [0.25, 0.3) is 0 Å². The second-order valence-corrected chi connectivity index (χ2v) is 8.14. The van der Waals surface area contributed by atoms with Gasteiger partial charge in [0.2, 0.25) is 10.0 Å². The third-order valence-corrected chi connectivity index (χ3v) is 5.49. The normalized spacial score (nSPS) is 18.7. The molecular weight excluding hydrogens is 451 g/mol. The predicted molar refractivity (Wildman–Crippen MR) is 114 cm³/mol. The maximum atomic E-state index is 11.8. The SMILES string of the molecule is CCNC(=NC[C@H]1CCCN1S(C)(=O)=O)N(C)Cc1ccccc1.I. The zero-order valence-electron chi connectivity index (χ0n) is 15.2. The Morgan fingerprint density at radius 1 is 1.36 bits per heavy atom. The van der Waals surface area contributed by atoms with Gasteiger partial charge in [-0.15, -0.1) is 24.0 Å². The molecule has 1 aromatic rings. The number of guanidine groups is 1. The van der Waals surface area contributed by atoms with Gasteiger partial charge in [0.1, 0.15) is 0 Å². The average molecular weight is 480 g/mol. The number of benzene rings is 1. The van der Waals surface area contributed by atoms with Gasteiger partial charge in [0, 0.05) is 32.7 Å². The first-order chi connectivity index (χ1) is 11.4. The van der Waals surface area contributed by atoms with Crippen LogP contribution in [0.15, 0.2) is 35.3 Å². The van der Waals surface area contributed by atoms with Crippen LogP contribution < -0.4 is 5.32 Å². The summed E-state index contributed by atoms with van der Waals surface area (Å²) in [6.07, 6.45) is 3.06. The minimum absolute atomic E-state index is 0. The lowest BCUT2D eigenvalue weighted by atomic mass is 10.2. The molecule has 0 unspecified atom stereocenters. The van der Waals surface area contributed by atoms with Gasteiger partial charge in [-0.25, -0.2) is 8.42 Å². The second kappa shape index (κ2) is 10.3. The van der Waals surface area contributed by atoms with Crippen LogP contribution in [-0.4, -0.2) is 62.6 Å². The monoisotopic (exact) mass is 480 g/mol. The van der Waals surface area contributed by atoms with Crippen molar-refractivity contribution in [2.24, 2.45) is 4.99 Å². The van der Waals surface area contributed by atoms with E-state index in [0.717, 1.165) is 31.9 Å². The number of hydrogen-bond acceptors (Lipinski definition) is 3. The number of halogens is 1. The van der Waals surface area contributed by atoms with Crippen LogP contribution in [0.5, 0.6) is 0 Å². The van der Waals surface area contributed by atoms with Crippen molar-refractivity contribution in [2.75, 3.05) is 32.9 Å². The maximum absolute atomic E-state index is 11.8. The van der Waals surface area contributed by atoms with Crippen LogP contribution in [0.25, 0.3) is 0 Å². The van der Waals surface area contributed by atoms with Gasteiger partial charge >= 0.3 is 0 Å². The van der Waals surface area contributed by atoms with Gasteiger partial charge in [0.05, 0.1) is 12.8 Å². The highest BCUT2D eigenvalue weighted by molar-refractivity contribution is 14.0. The zero-order valence-corrected chi connectivity index (χ0v) is 18.3. The zero-order chi connectivity index (χ0) is 17.6. The van der Waals surface area contributed by atoms with Gasteiger partial charge in [-0.05, 0) is 25.3 Å². The maximum Gasteiger partial charge on any atom is 0.211 e. The summed E-state index contributed by atoms with van der Waals surface area (Å²) in [6, 6.07) is 10.2. The summed E-state index contributed by atoms with van der Waals surface area (Å²) >= 11 is 0. The third-order valence-electron chi connectivity index (χ3n) is 4.16. The highest BCUT2D eigenvalue weighted by Gasteiger charge is 2.31. The second-order valence-electron chi connectivity index (χ2n) is 6.21. The van der Waals surface area contributed by atoms with Crippen molar-refractivity contribution in [3.63, 3.8) is 0 Å². The molecular formula is C17H29IN4O2S. The van der Waals surface area contributed by atoms with E-state index in [1.54, 1.807) is 4.31 Å². The molecule has 0 bridgehead atoms. The molecule has 6 nitrogen and oxygen atoms in total. The van der Waals surface area contributed by atoms with Crippen LogP contribution in [0.1, 0.15) is 25.3 Å². The number of aliphatic imine (C=N–C) groups is 1. The van der Waals surface area contributed by atoms with Crippen LogP contribution >= 0.6 is 24.0 Å². The van der Waals surface area contributed by atoms with Gasteiger partial charge in [-0.3, -0.25) is 4.99 Å². The van der Waals surface area contributed by atoms with E-state index in [1.165, 1.54) is 11.8 Å². The van der Waals surface area contributed by atoms with Gasteiger partial charge in [-0.1, -0.05) is 30.3 Å². The van der Waals surface area contributed by atoms with Crippen molar-refractivity contribution in [1.29, 1.82) is 0 Å². The van der Waals surface area contributed by atoms with E-state index in [-0.39, 0.29) is 30.0 Å². The summed E-state index contributed by atoms with van der Waals surface area (Å²) in [5.41, 5.74) is 1.21. The molecule has 25 heavy (non-hydrogen) atoms. The van der Waals surface area contributed by atoms with E-state index < -0.39 is 10.0 Å². The summed E-state index contributed by atoms with van der Waals surface area (Å²) in [5, 5.41) is 3.29. The summed E-state index contributed by atoms with van der Waals surface area (Å²) in [6.45, 7) is 4.67. The van der Waals surface area contributed by atoms with Crippen molar-refractivity contribution >= 4 is 40.0 Å². The van der Waals surface area contributed by atoms with Crippen LogP contribution in [0, 0.1) is 0 Å². The molecule has 1 fully saturated rings. The topological polar surface area (TPSA) is 65.0 Å². The molecule has 8 heteroatoms. The first-order valence-corrected chi connectivity index (χ1v) is 10.3. The third kappa shape index (κ3) is 6.74. The lowest BCUT2D eigenvalue weighted by molar-refractivity contribution is 0.393. The largest absolute Gasteiger partial charge is 0.357 e. The Morgan fingerprint density at radius 2 is 2.04 bits per heavy atom. The van der Waals surface area contributed by atoms with Crippen molar-refractivity contribution < 1.29 is 8.42 Å². The Balaban J connectivity index is 0.00000312.